The highest BCUT2D eigenvalue weighted by atomic mass is 35.5. The lowest BCUT2D eigenvalue weighted by Crippen LogP contribution is -2.34. The molecular formula is C16H26ClNO. The minimum Gasteiger partial charge on any atom is -0.453 e. The molecule has 1 aliphatic carbocycles. The molecule has 0 saturated heterocycles. The molecule has 1 N–H and O–H groups in total. The molecule has 1 aromatic heterocycles. The molecule has 1 fully saturated rings. The number of hydrogen-bond acceptors (Lipinski definition) is 2. The Balaban J connectivity index is 2.18. The van der Waals surface area contributed by atoms with Crippen LogP contribution in [-0.2, 0) is 0 Å². The average molecular weight is 284 g/mol. The van der Waals surface area contributed by atoms with Gasteiger partial charge >= 0.3 is 0 Å². The summed E-state index contributed by atoms with van der Waals surface area (Å²) in [6.07, 6.45) is 9.53. The average Bonchev–Trinajstić information content (AvgIpc) is 2.86. The summed E-state index contributed by atoms with van der Waals surface area (Å²) in [4.78, 5) is 0. The predicted molar refractivity (Wildman–Crippen MR) is 80.5 cm³/mol. The molecule has 0 bridgehead atoms. The first kappa shape index (κ1) is 14.9. The minimum absolute atomic E-state index is 0.358. The van der Waals surface area contributed by atoms with E-state index in [0.717, 1.165) is 24.4 Å². The van der Waals surface area contributed by atoms with E-state index in [4.69, 9.17) is 16.0 Å². The van der Waals surface area contributed by atoms with Gasteiger partial charge in [-0.2, -0.15) is 0 Å². The van der Waals surface area contributed by atoms with E-state index in [9.17, 15) is 0 Å². The summed E-state index contributed by atoms with van der Waals surface area (Å²) in [7, 11) is 0. The summed E-state index contributed by atoms with van der Waals surface area (Å²) < 4.78 is 5.31. The summed E-state index contributed by atoms with van der Waals surface area (Å²) in [5.41, 5.74) is 1.15. The Labute approximate surface area is 121 Å². The summed E-state index contributed by atoms with van der Waals surface area (Å²) >= 11 is 6.22. The van der Waals surface area contributed by atoms with Gasteiger partial charge in [-0.25, -0.2) is 0 Å². The van der Waals surface area contributed by atoms with Crippen molar-refractivity contribution in [3.05, 3.63) is 23.1 Å². The third-order valence-electron chi connectivity index (χ3n) is 4.52. The van der Waals surface area contributed by atoms with Crippen LogP contribution in [0, 0.1) is 11.8 Å². The Bertz CT molecular complexity index is 377. The molecule has 2 rings (SSSR count). The highest BCUT2D eigenvalue weighted by molar-refractivity contribution is 6.29. The second-order valence-corrected chi connectivity index (χ2v) is 6.04. The zero-order valence-corrected chi connectivity index (χ0v) is 12.9. The van der Waals surface area contributed by atoms with Crippen molar-refractivity contribution in [3.63, 3.8) is 0 Å². The fourth-order valence-electron chi connectivity index (χ4n) is 3.50. The maximum atomic E-state index is 6.22. The SMILES string of the molecule is CCCNC(c1ccoc1Cl)C1CCCCC1CC. The van der Waals surface area contributed by atoms with Crippen LogP contribution in [0.2, 0.25) is 5.22 Å². The first-order chi connectivity index (χ1) is 9.27. The van der Waals surface area contributed by atoms with Gasteiger partial charge in [0.1, 0.15) is 0 Å². The quantitative estimate of drug-likeness (QED) is 0.777. The van der Waals surface area contributed by atoms with Crippen molar-refractivity contribution < 1.29 is 4.42 Å². The lowest BCUT2D eigenvalue weighted by molar-refractivity contribution is 0.175. The zero-order valence-electron chi connectivity index (χ0n) is 12.1. The van der Waals surface area contributed by atoms with Gasteiger partial charge in [0, 0.05) is 11.6 Å². The van der Waals surface area contributed by atoms with Gasteiger partial charge < -0.3 is 9.73 Å². The number of rotatable bonds is 6. The third kappa shape index (κ3) is 3.55. The first-order valence-electron chi connectivity index (χ1n) is 7.74. The van der Waals surface area contributed by atoms with Crippen molar-refractivity contribution in [2.75, 3.05) is 6.54 Å². The Morgan fingerprint density at radius 3 is 2.79 bits per heavy atom. The summed E-state index contributed by atoms with van der Waals surface area (Å²) in [5.74, 6) is 1.51. The van der Waals surface area contributed by atoms with Crippen molar-refractivity contribution in [2.24, 2.45) is 11.8 Å². The molecule has 2 nitrogen and oxygen atoms in total. The van der Waals surface area contributed by atoms with Crippen molar-refractivity contribution in [3.8, 4) is 0 Å². The van der Waals surface area contributed by atoms with Crippen LogP contribution in [0.3, 0.4) is 0 Å². The molecule has 0 aromatic carbocycles. The van der Waals surface area contributed by atoms with Gasteiger partial charge in [0.25, 0.3) is 0 Å². The molecule has 0 spiro atoms. The molecule has 1 aromatic rings. The molecule has 0 aliphatic heterocycles. The fraction of sp³-hybridized carbons (Fsp3) is 0.750. The van der Waals surface area contributed by atoms with Gasteiger partial charge in [-0.15, -0.1) is 0 Å². The molecular weight excluding hydrogens is 258 g/mol. The van der Waals surface area contributed by atoms with E-state index in [1.807, 2.05) is 6.07 Å². The molecule has 3 heteroatoms. The van der Waals surface area contributed by atoms with E-state index in [2.05, 4.69) is 19.2 Å². The van der Waals surface area contributed by atoms with E-state index >= 15 is 0 Å². The Hall–Kier alpha value is -0.470. The summed E-state index contributed by atoms with van der Waals surface area (Å²) in [5, 5.41) is 4.27. The fourth-order valence-corrected chi connectivity index (χ4v) is 3.73. The Kier molecular flexibility index (Phi) is 5.77. The normalized spacial score (nSPS) is 25.4. The topological polar surface area (TPSA) is 25.2 Å². The number of nitrogens with one attached hydrogen (secondary N) is 1. The van der Waals surface area contributed by atoms with E-state index in [1.54, 1.807) is 6.26 Å². The van der Waals surface area contributed by atoms with Crippen LogP contribution < -0.4 is 5.32 Å². The lowest BCUT2D eigenvalue weighted by atomic mass is 9.72. The number of hydrogen-bond donors (Lipinski definition) is 1. The van der Waals surface area contributed by atoms with Gasteiger partial charge in [-0.05, 0) is 48.9 Å². The monoisotopic (exact) mass is 283 g/mol. The van der Waals surface area contributed by atoms with Crippen LogP contribution in [0.4, 0.5) is 0 Å². The van der Waals surface area contributed by atoms with Crippen LogP contribution in [0.15, 0.2) is 16.7 Å². The van der Waals surface area contributed by atoms with E-state index < -0.39 is 0 Å². The zero-order chi connectivity index (χ0) is 13.7. The Morgan fingerprint density at radius 1 is 1.37 bits per heavy atom. The molecule has 1 heterocycles. The van der Waals surface area contributed by atoms with Crippen molar-refractivity contribution >= 4 is 11.6 Å². The van der Waals surface area contributed by atoms with Gasteiger partial charge in [-0.1, -0.05) is 39.5 Å². The lowest BCUT2D eigenvalue weighted by Gasteiger charge is -2.37. The number of halogens is 1. The van der Waals surface area contributed by atoms with Crippen LogP contribution in [-0.4, -0.2) is 6.54 Å². The maximum absolute atomic E-state index is 6.22. The van der Waals surface area contributed by atoms with Gasteiger partial charge in [0.05, 0.1) is 6.26 Å². The van der Waals surface area contributed by atoms with Crippen molar-refractivity contribution in [2.45, 2.75) is 58.4 Å². The molecule has 1 saturated carbocycles. The van der Waals surface area contributed by atoms with Crippen LogP contribution in [0.1, 0.15) is 64.0 Å². The van der Waals surface area contributed by atoms with E-state index in [-0.39, 0.29) is 0 Å². The van der Waals surface area contributed by atoms with Gasteiger partial charge in [0.15, 0.2) is 5.22 Å². The van der Waals surface area contributed by atoms with Gasteiger partial charge in [0.2, 0.25) is 0 Å². The highest BCUT2D eigenvalue weighted by Gasteiger charge is 2.33. The molecule has 0 amide bonds. The maximum Gasteiger partial charge on any atom is 0.197 e. The second kappa shape index (κ2) is 7.35. The molecule has 3 unspecified atom stereocenters. The van der Waals surface area contributed by atoms with Crippen LogP contribution in [0.5, 0.6) is 0 Å². The summed E-state index contributed by atoms with van der Waals surface area (Å²) in [6.45, 7) is 5.56. The van der Waals surface area contributed by atoms with E-state index in [1.165, 1.54) is 32.1 Å². The van der Waals surface area contributed by atoms with Crippen LogP contribution in [0.25, 0.3) is 0 Å². The summed E-state index contributed by atoms with van der Waals surface area (Å²) in [6, 6.07) is 2.40. The molecule has 0 radical (unpaired) electrons. The Morgan fingerprint density at radius 2 is 2.16 bits per heavy atom. The smallest absolute Gasteiger partial charge is 0.197 e. The molecule has 1 aliphatic rings. The predicted octanol–water partition coefficient (Wildman–Crippen LogP) is 5.19. The van der Waals surface area contributed by atoms with Crippen molar-refractivity contribution in [1.82, 2.24) is 5.32 Å². The molecule has 108 valence electrons. The van der Waals surface area contributed by atoms with E-state index in [0.29, 0.717) is 17.2 Å². The first-order valence-corrected chi connectivity index (χ1v) is 8.12. The highest BCUT2D eigenvalue weighted by Crippen LogP contribution is 2.42. The minimum atomic E-state index is 0.358. The number of furan rings is 1. The van der Waals surface area contributed by atoms with Gasteiger partial charge in [-0.3, -0.25) is 0 Å². The molecule has 19 heavy (non-hydrogen) atoms. The standard InChI is InChI=1S/C16H26ClNO/c1-3-10-18-15(14-9-11-19-16(14)17)13-8-6-5-7-12(13)4-2/h9,11-13,15,18H,3-8,10H2,1-2H3. The molecule has 3 atom stereocenters. The van der Waals surface area contributed by atoms with Crippen LogP contribution >= 0.6 is 11.6 Å². The van der Waals surface area contributed by atoms with Crippen molar-refractivity contribution in [1.29, 1.82) is 0 Å². The largest absolute Gasteiger partial charge is 0.453 e. The third-order valence-corrected chi connectivity index (χ3v) is 4.82. The second-order valence-electron chi connectivity index (χ2n) is 5.70.